The van der Waals surface area contributed by atoms with Crippen LogP contribution in [0, 0.1) is 6.92 Å². The topological polar surface area (TPSA) is 46.3 Å². The van der Waals surface area contributed by atoms with Gasteiger partial charge in [0.15, 0.2) is 11.5 Å². The molecule has 4 nitrogen and oxygen atoms in total. The number of hydrogen-bond donors (Lipinski definition) is 2. The van der Waals surface area contributed by atoms with E-state index in [1.807, 2.05) is 13.0 Å². The highest BCUT2D eigenvalue weighted by atomic mass is 35.5. The fourth-order valence-corrected chi connectivity index (χ4v) is 3.69. The molecule has 2 N–H and O–H groups in total. The van der Waals surface area contributed by atoms with E-state index in [2.05, 4.69) is 84.1 Å². The molecule has 0 unspecified atom stereocenters. The first kappa shape index (κ1) is 23.7. The van der Waals surface area contributed by atoms with Gasteiger partial charge in [-0.2, -0.15) is 0 Å². The molecule has 0 fully saturated rings. The Morgan fingerprint density at radius 1 is 0.875 bits per heavy atom. The lowest BCUT2D eigenvalue weighted by Gasteiger charge is -2.14. The van der Waals surface area contributed by atoms with Crippen LogP contribution in [0.2, 0.25) is 0 Å². The lowest BCUT2D eigenvalue weighted by molar-refractivity contribution is 0.269. The van der Waals surface area contributed by atoms with E-state index in [4.69, 9.17) is 9.47 Å². The molecule has 1 heterocycles. The van der Waals surface area contributed by atoms with E-state index < -0.39 is 0 Å². The molecule has 0 aliphatic carbocycles. The third-order valence-corrected chi connectivity index (χ3v) is 5.40. The zero-order valence-corrected chi connectivity index (χ0v) is 19.5. The predicted octanol–water partition coefficient (Wildman–Crippen LogP) is 6.21. The maximum Gasteiger partial charge on any atom is 0.161 e. The van der Waals surface area contributed by atoms with Crippen LogP contribution in [0.3, 0.4) is 0 Å². The molecule has 0 aliphatic rings. The number of halogens is 1. The van der Waals surface area contributed by atoms with E-state index in [0.29, 0.717) is 13.2 Å². The highest BCUT2D eigenvalue weighted by molar-refractivity contribution is 5.85. The zero-order valence-electron chi connectivity index (χ0n) is 18.7. The van der Waals surface area contributed by atoms with Gasteiger partial charge in [-0.1, -0.05) is 54.1 Å². The standard InChI is InChI=1S/C27H30N2O2.ClH/c1-3-30-27-16-22(12-13-26(27)31-19-21-10-8-20(2)9-11-21)17-28-15-14-23-18-29-25-7-5-4-6-24(23)25;/h4-13,16,18,28-29H,3,14-15,17,19H2,1-2H3;1H. The molecule has 0 saturated heterocycles. The van der Waals surface area contributed by atoms with Crippen molar-refractivity contribution >= 4 is 23.3 Å². The van der Waals surface area contributed by atoms with Gasteiger partial charge in [0.2, 0.25) is 0 Å². The Morgan fingerprint density at radius 3 is 2.47 bits per heavy atom. The maximum atomic E-state index is 6.04. The average Bonchev–Trinajstić information content (AvgIpc) is 3.20. The summed E-state index contributed by atoms with van der Waals surface area (Å²) in [5, 5.41) is 4.85. The van der Waals surface area contributed by atoms with Crippen molar-refractivity contribution in [2.24, 2.45) is 0 Å². The molecule has 5 heteroatoms. The van der Waals surface area contributed by atoms with E-state index in [0.717, 1.165) is 36.6 Å². The van der Waals surface area contributed by atoms with Gasteiger partial charge >= 0.3 is 0 Å². The summed E-state index contributed by atoms with van der Waals surface area (Å²) in [6.45, 7) is 6.93. The number of aryl methyl sites for hydroxylation is 1. The van der Waals surface area contributed by atoms with Crippen molar-refractivity contribution in [3.05, 3.63) is 95.2 Å². The Morgan fingerprint density at radius 2 is 1.66 bits per heavy atom. The Kier molecular flexibility index (Phi) is 8.60. The van der Waals surface area contributed by atoms with Gasteiger partial charge in [-0.3, -0.25) is 0 Å². The van der Waals surface area contributed by atoms with Crippen LogP contribution in [0.5, 0.6) is 11.5 Å². The molecular weight excluding hydrogens is 420 g/mol. The molecule has 0 aliphatic heterocycles. The molecule has 0 saturated carbocycles. The molecule has 0 bridgehead atoms. The second-order valence-corrected chi connectivity index (χ2v) is 7.77. The zero-order chi connectivity index (χ0) is 21.5. The van der Waals surface area contributed by atoms with Gasteiger partial charge in [-0.15, -0.1) is 12.4 Å². The van der Waals surface area contributed by atoms with Crippen LogP contribution >= 0.6 is 12.4 Å². The third-order valence-electron chi connectivity index (χ3n) is 5.40. The van der Waals surface area contributed by atoms with Crippen molar-refractivity contribution in [2.45, 2.75) is 33.4 Å². The summed E-state index contributed by atoms with van der Waals surface area (Å²) in [5.74, 6) is 1.58. The van der Waals surface area contributed by atoms with E-state index in [1.165, 1.54) is 27.6 Å². The molecule has 0 spiro atoms. The first-order valence-electron chi connectivity index (χ1n) is 10.9. The van der Waals surface area contributed by atoms with E-state index in [9.17, 15) is 0 Å². The fourth-order valence-electron chi connectivity index (χ4n) is 3.69. The van der Waals surface area contributed by atoms with Gasteiger partial charge in [-0.25, -0.2) is 0 Å². The number of benzene rings is 3. The monoisotopic (exact) mass is 450 g/mol. The number of H-pyrrole nitrogens is 1. The minimum atomic E-state index is 0. The molecule has 32 heavy (non-hydrogen) atoms. The van der Waals surface area contributed by atoms with Crippen LogP contribution < -0.4 is 14.8 Å². The number of nitrogens with one attached hydrogen (secondary N) is 2. The summed E-state index contributed by atoms with van der Waals surface area (Å²) in [6, 6.07) is 23.0. The first-order chi connectivity index (χ1) is 15.2. The number of aromatic nitrogens is 1. The molecule has 0 atom stereocenters. The van der Waals surface area contributed by atoms with Gasteiger partial charge < -0.3 is 19.8 Å². The Labute approximate surface area is 196 Å². The molecule has 168 valence electrons. The predicted molar refractivity (Wildman–Crippen MR) is 134 cm³/mol. The van der Waals surface area contributed by atoms with E-state index >= 15 is 0 Å². The quantitative estimate of drug-likeness (QED) is 0.282. The van der Waals surface area contributed by atoms with Crippen LogP contribution in [0.25, 0.3) is 10.9 Å². The van der Waals surface area contributed by atoms with Gasteiger partial charge in [0.1, 0.15) is 6.61 Å². The third kappa shape index (κ3) is 6.06. The molecule has 4 aromatic rings. The number of rotatable bonds is 10. The second kappa shape index (κ2) is 11.6. The van der Waals surface area contributed by atoms with Crippen molar-refractivity contribution in [3.63, 3.8) is 0 Å². The number of aromatic amines is 1. The largest absolute Gasteiger partial charge is 0.490 e. The summed E-state index contributed by atoms with van der Waals surface area (Å²) in [5.41, 5.74) is 6.12. The molecule has 1 aromatic heterocycles. The highest BCUT2D eigenvalue weighted by Gasteiger charge is 2.08. The summed E-state index contributed by atoms with van der Waals surface area (Å²) >= 11 is 0. The van der Waals surface area contributed by atoms with Crippen molar-refractivity contribution in [3.8, 4) is 11.5 Å². The van der Waals surface area contributed by atoms with Crippen LogP contribution in [-0.2, 0) is 19.6 Å². The fraction of sp³-hybridized carbons (Fsp3) is 0.259. The SMILES string of the molecule is CCOc1cc(CNCCc2c[nH]c3ccccc23)ccc1OCc1ccc(C)cc1.Cl. The van der Waals surface area contributed by atoms with Crippen LogP contribution in [0.15, 0.2) is 72.9 Å². The van der Waals surface area contributed by atoms with E-state index in [-0.39, 0.29) is 12.4 Å². The van der Waals surface area contributed by atoms with Crippen molar-refractivity contribution < 1.29 is 9.47 Å². The van der Waals surface area contributed by atoms with Crippen LogP contribution in [0.1, 0.15) is 29.2 Å². The summed E-state index contributed by atoms with van der Waals surface area (Å²) in [4.78, 5) is 3.34. The number of para-hydroxylation sites is 1. The van der Waals surface area contributed by atoms with Gasteiger partial charge in [0.05, 0.1) is 6.61 Å². The van der Waals surface area contributed by atoms with Gasteiger partial charge in [-0.05, 0) is 61.7 Å². The smallest absolute Gasteiger partial charge is 0.161 e. The molecule has 0 radical (unpaired) electrons. The average molecular weight is 451 g/mol. The first-order valence-corrected chi connectivity index (χ1v) is 10.9. The molecule has 4 rings (SSSR count). The molecule has 0 amide bonds. The van der Waals surface area contributed by atoms with Crippen LogP contribution in [-0.4, -0.2) is 18.1 Å². The number of ether oxygens (including phenoxy) is 2. The Balaban J connectivity index is 0.00000289. The van der Waals surface area contributed by atoms with Crippen molar-refractivity contribution in [1.29, 1.82) is 0 Å². The number of fused-ring (bicyclic) bond motifs is 1. The summed E-state index contributed by atoms with van der Waals surface area (Å²) in [7, 11) is 0. The molecular formula is C27H31ClN2O2. The van der Waals surface area contributed by atoms with Crippen molar-refractivity contribution in [2.75, 3.05) is 13.2 Å². The summed E-state index contributed by atoms with van der Waals surface area (Å²) in [6.07, 6.45) is 3.10. The maximum absolute atomic E-state index is 6.04. The second-order valence-electron chi connectivity index (χ2n) is 7.77. The lowest BCUT2D eigenvalue weighted by Crippen LogP contribution is -2.16. The van der Waals surface area contributed by atoms with Crippen molar-refractivity contribution in [1.82, 2.24) is 10.3 Å². The van der Waals surface area contributed by atoms with Crippen LogP contribution in [0.4, 0.5) is 0 Å². The Hall–Kier alpha value is -2.95. The Bertz CT molecular complexity index is 1120. The number of hydrogen-bond acceptors (Lipinski definition) is 3. The highest BCUT2D eigenvalue weighted by Crippen LogP contribution is 2.29. The van der Waals surface area contributed by atoms with Gasteiger partial charge in [0, 0.05) is 23.6 Å². The normalized spacial score (nSPS) is 10.7. The van der Waals surface area contributed by atoms with E-state index in [1.54, 1.807) is 0 Å². The van der Waals surface area contributed by atoms with Gasteiger partial charge in [0.25, 0.3) is 0 Å². The minimum absolute atomic E-state index is 0. The molecule has 3 aromatic carbocycles. The lowest BCUT2D eigenvalue weighted by atomic mass is 10.1. The summed E-state index contributed by atoms with van der Waals surface area (Å²) < 4.78 is 11.9. The minimum Gasteiger partial charge on any atom is -0.490 e.